The average Bonchev–Trinajstić information content (AvgIpc) is 2.11. The predicted molar refractivity (Wildman–Crippen MR) is 59.5 cm³/mol. The number of anilines is 2. The number of para-hydroxylation sites is 1. The van der Waals surface area contributed by atoms with Crippen molar-refractivity contribution in [1.82, 2.24) is 0 Å². The SMILES string of the molecule is CCNc1cccc(C)c1NCC. The zero-order valence-electron chi connectivity index (χ0n) is 8.65. The van der Waals surface area contributed by atoms with Gasteiger partial charge in [-0.3, -0.25) is 0 Å². The van der Waals surface area contributed by atoms with Crippen LogP contribution in [0.15, 0.2) is 18.2 Å². The van der Waals surface area contributed by atoms with Crippen molar-refractivity contribution in [3.05, 3.63) is 23.8 Å². The second-order valence-electron chi connectivity index (χ2n) is 3.06. The number of hydrogen-bond acceptors (Lipinski definition) is 2. The van der Waals surface area contributed by atoms with Crippen LogP contribution in [0.5, 0.6) is 0 Å². The molecule has 0 aliphatic carbocycles. The van der Waals surface area contributed by atoms with Gasteiger partial charge in [0.05, 0.1) is 11.4 Å². The van der Waals surface area contributed by atoms with Gasteiger partial charge in [-0.2, -0.15) is 0 Å². The molecule has 13 heavy (non-hydrogen) atoms. The molecular formula is C11H18N2. The average molecular weight is 178 g/mol. The summed E-state index contributed by atoms with van der Waals surface area (Å²) in [6.07, 6.45) is 0. The molecule has 0 aliphatic heterocycles. The van der Waals surface area contributed by atoms with Crippen molar-refractivity contribution < 1.29 is 0 Å². The van der Waals surface area contributed by atoms with Gasteiger partial charge in [-0.25, -0.2) is 0 Å². The van der Waals surface area contributed by atoms with E-state index < -0.39 is 0 Å². The Hall–Kier alpha value is -1.18. The Morgan fingerprint density at radius 2 is 1.77 bits per heavy atom. The molecule has 0 bridgehead atoms. The van der Waals surface area contributed by atoms with Crippen LogP contribution in [0.1, 0.15) is 19.4 Å². The highest BCUT2D eigenvalue weighted by Gasteiger charge is 2.01. The largest absolute Gasteiger partial charge is 0.384 e. The molecule has 0 spiro atoms. The molecule has 0 amide bonds. The first-order valence-electron chi connectivity index (χ1n) is 4.87. The fourth-order valence-corrected chi connectivity index (χ4v) is 1.42. The van der Waals surface area contributed by atoms with Crippen molar-refractivity contribution in [2.24, 2.45) is 0 Å². The van der Waals surface area contributed by atoms with Crippen LogP contribution in [0.25, 0.3) is 0 Å². The first kappa shape index (κ1) is 9.90. The summed E-state index contributed by atoms with van der Waals surface area (Å²) in [4.78, 5) is 0. The molecule has 72 valence electrons. The summed E-state index contributed by atoms with van der Waals surface area (Å²) in [5, 5.41) is 6.71. The van der Waals surface area contributed by atoms with Crippen LogP contribution in [0.3, 0.4) is 0 Å². The van der Waals surface area contributed by atoms with Crippen molar-refractivity contribution in [2.75, 3.05) is 23.7 Å². The van der Waals surface area contributed by atoms with Gasteiger partial charge in [0.2, 0.25) is 0 Å². The van der Waals surface area contributed by atoms with Gasteiger partial charge >= 0.3 is 0 Å². The molecule has 1 aromatic carbocycles. The maximum Gasteiger partial charge on any atom is 0.0605 e. The first-order chi connectivity index (χ1) is 6.29. The second-order valence-corrected chi connectivity index (χ2v) is 3.06. The van der Waals surface area contributed by atoms with Crippen molar-refractivity contribution in [3.8, 4) is 0 Å². The molecule has 2 heteroatoms. The summed E-state index contributed by atoms with van der Waals surface area (Å²) in [6.45, 7) is 8.27. The summed E-state index contributed by atoms with van der Waals surface area (Å²) in [6, 6.07) is 6.31. The third-order valence-corrected chi connectivity index (χ3v) is 1.99. The Morgan fingerprint density at radius 1 is 1.08 bits per heavy atom. The van der Waals surface area contributed by atoms with Crippen LogP contribution in [-0.4, -0.2) is 13.1 Å². The Labute approximate surface area is 80.4 Å². The zero-order valence-corrected chi connectivity index (χ0v) is 8.65. The van der Waals surface area contributed by atoms with E-state index in [1.807, 2.05) is 0 Å². The van der Waals surface area contributed by atoms with Gasteiger partial charge < -0.3 is 10.6 Å². The number of rotatable bonds is 4. The van der Waals surface area contributed by atoms with E-state index in [4.69, 9.17) is 0 Å². The lowest BCUT2D eigenvalue weighted by Crippen LogP contribution is -2.05. The summed E-state index contributed by atoms with van der Waals surface area (Å²) >= 11 is 0. The Kier molecular flexibility index (Phi) is 3.62. The standard InChI is InChI=1S/C11H18N2/c1-4-12-10-8-6-7-9(3)11(10)13-5-2/h6-8,12-13H,4-5H2,1-3H3. The molecule has 0 fully saturated rings. The van der Waals surface area contributed by atoms with Crippen LogP contribution in [-0.2, 0) is 0 Å². The molecule has 0 aliphatic rings. The van der Waals surface area contributed by atoms with Gasteiger partial charge in [-0.1, -0.05) is 12.1 Å². The van der Waals surface area contributed by atoms with Crippen molar-refractivity contribution in [3.63, 3.8) is 0 Å². The van der Waals surface area contributed by atoms with Crippen molar-refractivity contribution >= 4 is 11.4 Å². The zero-order chi connectivity index (χ0) is 9.68. The maximum absolute atomic E-state index is 3.37. The van der Waals surface area contributed by atoms with Gasteiger partial charge in [0.1, 0.15) is 0 Å². The molecule has 2 nitrogen and oxygen atoms in total. The van der Waals surface area contributed by atoms with E-state index in [9.17, 15) is 0 Å². The molecular weight excluding hydrogens is 160 g/mol. The first-order valence-corrected chi connectivity index (χ1v) is 4.87. The minimum Gasteiger partial charge on any atom is -0.384 e. The Morgan fingerprint density at radius 3 is 2.38 bits per heavy atom. The van der Waals surface area contributed by atoms with Crippen LogP contribution in [0.2, 0.25) is 0 Å². The van der Waals surface area contributed by atoms with Crippen LogP contribution < -0.4 is 10.6 Å². The van der Waals surface area contributed by atoms with Crippen molar-refractivity contribution in [2.45, 2.75) is 20.8 Å². The molecule has 0 aromatic heterocycles. The number of hydrogen-bond donors (Lipinski definition) is 2. The quantitative estimate of drug-likeness (QED) is 0.740. The third kappa shape index (κ3) is 2.38. The molecule has 0 saturated heterocycles. The van der Waals surface area contributed by atoms with Gasteiger partial charge in [-0.15, -0.1) is 0 Å². The molecule has 0 heterocycles. The summed E-state index contributed by atoms with van der Waals surface area (Å²) in [5.74, 6) is 0. The molecule has 0 saturated carbocycles. The van der Waals surface area contributed by atoms with E-state index in [1.165, 1.54) is 16.9 Å². The molecule has 2 N–H and O–H groups in total. The minimum atomic E-state index is 0.960. The Bertz CT molecular complexity index is 269. The minimum absolute atomic E-state index is 0.960. The van der Waals surface area contributed by atoms with Gasteiger partial charge in [0.25, 0.3) is 0 Å². The fraction of sp³-hybridized carbons (Fsp3) is 0.455. The monoisotopic (exact) mass is 178 g/mol. The third-order valence-electron chi connectivity index (χ3n) is 1.99. The van der Waals surface area contributed by atoms with Crippen molar-refractivity contribution in [1.29, 1.82) is 0 Å². The maximum atomic E-state index is 3.37. The molecule has 1 rings (SSSR count). The van der Waals surface area contributed by atoms with E-state index >= 15 is 0 Å². The van der Waals surface area contributed by atoms with E-state index in [1.54, 1.807) is 0 Å². The molecule has 1 aromatic rings. The van der Waals surface area contributed by atoms with E-state index in [0.717, 1.165) is 13.1 Å². The van der Waals surface area contributed by atoms with E-state index in [-0.39, 0.29) is 0 Å². The summed E-state index contributed by atoms with van der Waals surface area (Å²) in [7, 11) is 0. The highest BCUT2D eigenvalue weighted by atomic mass is 14.9. The highest BCUT2D eigenvalue weighted by Crippen LogP contribution is 2.24. The topological polar surface area (TPSA) is 24.1 Å². The van der Waals surface area contributed by atoms with Gasteiger partial charge in [0.15, 0.2) is 0 Å². The molecule has 0 atom stereocenters. The lowest BCUT2D eigenvalue weighted by Gasteiger charge is -2.14. The number of benzene rings is 1. The number of nitrogens with one attached hydrogen (secondary N) is 2. The summed E-state index contributed by atoms with van der Waals surface area (Å²) in [5.41, 5.74) is 3.72. The second kappa shape index (κ2) is 4.75. The highest BCUT2D eigenvalue weighted by molar-refractivity contribution is 5.72. The number of aryl methyl sites for hydroxylation is 1. The van der Waals surface area contributed by atoms with E-state index in [2.05, 4.69) is 49.6 Å². The predicted octanol–water partition coefficient (Wildman–Crippen LogP) is 2.86. The lowest BCUT2D eigenvalue weighted by molar-refractivity contribution is 1.17. The van der Waals surface area contributed by atoms with E-state index in [0.29, 0.717) is 0 Å². The fourth-order valence-electron chi connectivity index (χ4n) is 1.42. The Balaban J connectivity index is 2.95. The van der Waals surface area contributed by atoms with Gasteiger partial charge in [0, 0.05) is 13.1 Å². The smallest absolute Gasteiger partial charge is 0.0605 e. The van der Waals surface area contributed by atoms with Crippen LogP contribution in [0.4, 0.5) is 11.4 Å². The van der Waals surface area contributed by atoms with Gasteiger partial charge in [-0.05, 0) is 32.4 Å². The van der Waals surface area contributed by atoms with Crippen LogP contribution >= 0.6 is 0 Å². The molecule has 0 radical (unpaired) electrons. The molecule has 0 unspecified atom stereocenters. The van der Waals surface area contributed by atoms with Crippen LogP contribution in [0, 0.1) is 6.92 Å². The summed E-state index contributed by atoms with van der Waals surface area (Å²) < 4.78 is 0. The lowest BCUT2D eigenvalue weighted by atomic mass is 10.1. The normalized spacial score (nSPS) is 9.77.